The molecule has 2 aromatic carbocycles. The molecule has 0 N–H and O–H groups in total. The average molecular weight is 371 g/mol. The van der Waals surface area contributed by atoms with E-state index in [9.17, 15) is 13.2 Å². The maximum absolute atomic E-state index is 12.9. The van der Waals surface area contributed by atoms with Crippen LogP contribution in [0.4, 0.5) is 13.2 Å². The summed E-state index contributed by atoms with van der Waals surface area (Å²) in [6.07, 6.45) is -4.60. The Morgan fingerprint density at radius 1 is 0.926 bits per heavy atom. The van der Waals surface area contributed by atoms with E-state index in [4.69, 9.17) is 4.74 Å². The molecule has 5 heteroatoms. The van der Waals surface area contributed by atoms with E-state index >= 15 is 0 Å². The molecular weight excluding hydrogens is 351 g/mol. The van der Waals surface area contributed by atoms with Crippen molar-refractivity contribution in [2.45, 2.75) is 33.1 Å². The number of pyridine rings is 1. The van der Waals surface area contributed by atoms with Crippen LogP contribution in [0, 0.1) is 13.8 Å². The Kier molecular flexibility index (Phi) is 5.22. The fraction of sp³-hybridized carbons (Fsp3) is 0.227. The van der Waals surface area contributed by atoms with Crippen LogP contribution in [0.25, 0.3) is 11.3 Å². The number of benzene rings is 2. The van der Waals surface area contributed by atoms with Crippen molar-refractivity contribution in [2.75, 3.05) is 0 Å². The molecule has 0 saturated carbocycles. The minimum absolute atomic E-state index is 0.227. The Morgan fingerprint density at radius 2 is 1.67 bits per heavy atom. The van der Waals surface area contributed by atoms with Crippen molar-refractivity contribution < 1.29 is 17.9 Å². The molecule has 0 spiro atoms. The van der Waals surface area contributed by atoms with Crippen LogP contribution in [0.15, 0.2) is 60.7 Å². The molecule has 0 amide bonds. The fourth-order valence-electron chi connectivity index (χ4n) is 2.97. The summed E-state index contributed by atoms with van der Waals surface area (Å²) in [7, 11) is 0. The third-order valence-corrected chi connectivity index (χ3v) is 4.35. The molecule has 0 aliphatic heterocycles. The Hall–Kier alpha value is -2.82. The second-order valence-electron chi connectivity index (χ2n) is 6.53. The first kappa shape index (κ1) is 19.0. The van der Waals surface area contributed by atoms with Crippen LogP contribution in [-0.2, 0) is 6.18 Å². The maximum atomic E-state index is 12.9. The highest BCUT2D eigenvalue weighted by molar-refractivity contribution is 5.61. The van der Waals surface area contributed by atoms with E-state index in [1.165, 1.54) is 6.07 Å². The Balaban J connectivity index is 1.85. The Labute approximate surface area is 156 Å². The molecule has 1 aromatic heterocycles. The summed E-state index contributed by atoms with van der Waals surface area (Å²) in [4.78, 5) is 4.50. The number of aromatic nitrogens is 1. The zero-order chi connectivity index (χ0) is 19.6. The lowest BCUT2D eigenvalue weighted by atomic mass is 10.0. The van der Waals surface area contributed by atoms with Crippen LogP contribution in [0.1, 0.15) is 35.4 Å². The molecule has 0 fully saturated rings. The summed E-state index contributed by atoms with van der Waals surface area (Å²) >= 11 is 0. The van der Waals surface area contributed by atoms with Crippen LogP contribution in [-0.4, -0.2) is 4.98 Å². The molecule has 0 bridgehead atoms. The van der Waals surface area contributed by atoms with Gasteiger partial charge in [-0.05, 0) is 56.7 Å². The lowest BCUT2D eigenvalue weighted by molar-refractivity contribution is -0.137. The van der Waals surface area contributed by atoms with E-state index in [1.807, 2.05) is 51.1 Å². The topological polar surface area (TPSA) is 22.1 Å². The molecule has 0 aliphatic rings. The monoisotopic (exact) mass is 371 g/mol. The number of halogens is 3. The SMILES string of the molecule is Cc1cccc(OC(C)c2ccc(-c3cccc(C(F)(F)F)c3)nc2C)c1. The first-order valence-corrected chi connectivity index (χ1v) is 8.62. The highest BCUT2D eigenvalue weighted by Gasteiger charge is 2.30. The van der Waals surface area contributed by atoms with Gasteiger partial charge in [0.05, 0.1) is 11.3 Å². The van der Waals surface area contributed by atoms with Crippen LogP contribution >= 0.6 is 0 Å². The third kappa shape index (κ3) is 4.48. The van der Waals surface area contributed by atoms with Gasteiger partial charge < -0.3 is 4.74 Å². The molecule has 1 heterocycles. The van der Waals surface area contributed by atoms with Crippen LogP contribution in [0.2, 0.25) is 0 Å². The van der Waals surface area contributed by atoms with Gasteiger partial charge in [-0.2, -0.15) is 13.2 Å². The largest absolute Gasteiger partial charge is 0.486 e. The number of ether oxygens (including phenoxy) is 1. The first-order chi connectivity index (χ1) is 12.7. The number of aryl methyl sites for hydroxylation is 2. The minimum Gasteiger partial charge on any atom is -0.486 e. The summed E-state index contributed by atoms with van der Waals surface area (Å²) in [5.41, 5.74) is 2.99. The smallest absolute Gasteiger partial charge is 0.416 e. The standard InChI is InChI=1S/C22H20F3NO/c1-14-6-4-9-19(12-14)27-16(3)20-10-11-21(26-15(20)2)17-7-5-8-18(13-17)22(23,24)25/h4-13,16H,1-3H3. The normalized spacial score (nSPS) is 12.7. The molecular formula is C22H20F3NO. The van der Waals surface area contributed by atoms with E-state index in [1.54, 1.807) is 12.1 Å². The van der Waals surface area contributed by atoms with Crippen molar-refractivity contribution in [3.05, 3.63) is 83.0 Å². The van der Waals surface area contributed by atoms with E-state index in [-0.39, 0.29) is 6.10 Å². The highest BCUT2D eigenvalue weighted by Crippen LogP contribution is 2.32. The molecule has 2 nitrogen and oxygen atoms in total. The predicted molar refractivity (Wildman–Crippen MR) is 99.6 cm³/mol. The Bertz CT molecular complexity index is 950. The summed E-state index contributed by atoms with van der Waals surface area (Å²) in [6, 6.07) is 16.6. The van der Waals surface area contributed by atoms with Crippen molar-refractivity contribution >= 4 is 0 Å². The zero-order valence-electron chi connectivity index (χ0n) is 15.3. The number of alkyl halides is 3. The number of hydrogen-bond donors (Lipinski definition) is 0. The van der Waals surface area contributed by atoms with Gasteiger partial charge >= 0.3 is 6.18 Å². The van der Waals surface area contributed by atoms with E-state index < -0.39 is 11.7 Å². The van der Waals surface area contributed by atoms with Crippen molar-refractivity contribution in [3.63, 3.8) is 0 Å². The summed E-state index contributed by atoms with van der Waals surface area (Å²) in [6.45, 7) is 5.76. The molecule has 1 unspecified atom stereocenters. The third-order valence-electron chi connectivity index (χ3n) is 4.35. The van der Waals surface area contributed by atoms with Gasteiger partial charge in [-0.25, -0.2) is 0 Å². The zero-order valence-corrected chi connectivity index (χ0v) is 15.3. The maximum Gasteiger partial charge on any atom is 0.416 e. The second-order valence-corrected chi connectivity index (χ2v) is 6.53. The molecule has 1 atom stereocenters. The molecule has 0 radical (unpaired) electrons. The average Bonchev–Trinajstić information content (AvgIpc) is 2.61. The van der Waals surface area contributed by atoms with Gasteiger partial charge in [-0.1, -0.05) is 30.3 Å². The van der Waals surface area contributed by atoms with Crippen molar-refractivity contribution in [1.29, 1.82) is 0 Å². The van der Waals surface area contributed by atoms with Gasteiger partial charge in [0.25, 0.3) is 0 Å². The second kappa shape index (κ2) is 7.43. The van der Waals surface area contributed by atoms with E-state index in [2.05, 4.69) is 4.98 Å². The molecule has 0 saturated heterocycles. The number of nitrogens with zero attached hydrogens (tertiary/aromatic N) is 1. The van der Waals surface area contributed by atoms with Crippen LogP contribution in [0.5, 0.6) is 5.75 Å². The van der Waals surface area contributed by atoms with Gasteiger partial charge in [0.1, 0.15) is 11.9 Å². The van der Waals surface area contributed by atoms with Gasteiger partial charge in [0.15, 0.2) is 0 Å². The predicted octanol–water partition coefficient (Wildman–Crippen LogP) is 6.52. The first-order valence-electron chi connectivity index (χ1n) is 8.62. The van der Waals surface area contributed by atoms with Crippen LogP contribution < -0.4 is 4.74 Å². The quantitative estimate of drug-likeness (QED) is 0.520. The lowest BCUT2D eigenvalue weighted by Crippen LogP contribution is -2.07. The van der Waals surface area contributed by atoms with Crippen molar-refractivity contribution in [3.8, 4) is 17.0 Å². The van der Waals surface area contributed by atoms with Gasteiger partial charge in [-0.15, -0.1) is 0 Å². The highest BCUT2D eigenvalue weighted by atomic mass is 19.4. The fourth-order valence-corrected chi connectivity index (χ4v) is 2.97. The van der Waals surface area contributed by atoms with E-state index in [0.29, 0.717) is 11.3 Å². The molecule has 3 rings (SSSR count). The van der Waals surface area contributed by atoms with Gasteiger partial charge in [0, 0.05) is 16.8 Å². The van der Waals surface area contributed by atoms with E-state index in [0.717, 1.165) is 34.7 Å². The van der Waals surface area contributed by atoms with Gasteiger partial charge in [-0.3, -0.25) is 4.98 Å². The summed E-state index contributed by atoms with van der Waals surface area (Å²) in [5.74, 6) is 0.767. The van der Waals surface area contributed by atoms with Gasteiger partial charge in [0.2, 0.25) is 0 Å². The Morgan fingerprint density at radius 3 is 2.33 bits per heavy atom. The lowest BCUT2D eigenvalue weighted by Gasteiger charge is -2.18. The van der Waals surface area contributed by atoms with Crippen LogP contribution in [0.3, 0.4) is 0 Å². The summed E-state index contributed by atoms with van der Waals surface area (Å²) < 4.78 is 44.8. The van der Waals surface area contributed by atoms with Crippen molar-refractivity contribution in [2.24, 2.45) is 0 Å². The molecule has 0 aliphatic carbocycles. The number of rotatable bonds is 4. The summed E-state index contributed by atoms with van der Waals surface area (Å²) in [5, 5.41) is 0. The molecule has 27 heavy (non-hydrogen) atoms. The molecule has 140 valence electrons. The number of hydrogen-bond acceptors (Lipinski definition) is 2. The minimum atomic E-state index is -4.37. The van der Waals surface area contributed by atoms with Crippen molar-refractivity contribution in [1.82, 2.24) is 4.98 Å². The molecule has 3 aromatic rings.